The Balaban J connectivity index is 2.02. The molecule has 0 fully saturated rings. The smallest absolute Gasteiger partial charge is 0.308 e. The number of hydrogen-bond donors (Lipinski definition) is 0. The van der Waals surface area contributed by atoms with Crippen LogP contribution in [0.2, 0.25) is 0 Å². The van der Waals surface area contributed by atoms with E-state index in [9.17, 15) is 4.79 Å². The number of benzene rings is 1. The van der Waals surface area contributed by atoms with Crippen LogP contribution in [0.15, 0.2) is 36.9 Å². The van der Waals surface area contributed by atoms with Crippen molar-refractivity contribution < 1.29 is 9.53 Å². The number of rotatable bonds is 4. The maximum atomic E-state index is 11.1. The van der Waals surface area contributed by atoms with E-state index in [1.54, 1.807) is 12.4 Å². The van der Waals surface area contributed by atoms with Crippen LogP contribution in [0.1, 0.15) is 25.5 Å². The van der Waals surface area contributed by atoms with E-state index >= 15 is 0 Å². The largest absolute Gasteiger partial charge is 0.427 e. The first-order chi connectivity index (χ1) is 11.5. The lowest BCUT2D eigenvalue weighted by Gasteiger charge is -2.16. The molecule has 1 aromatic carbocycles. The molecule has 124 valence electrons. The molecule has 0 saturated carbocycles. The number of nitrogens with zero attached hydrogens (tertiary/aromatic N) is 5. The first-order valence-electron chi connectivity index (χ1n) is 7.60. The van der Waals surface area contributed by atoms with E-state index in [4.69, 9.17) is 4.74 Å². The van der Waals surface area contributed by atoms with Crippen molar-refractivity contribution >= 4 is 23.0 Å². The second-order valence-corrected chi connectivity index (χ2v) is 5.76. The van der Waals surface area contributed by atoms with Crippen LogP contribution in [-0.4, -0.2) is 39.6 Å². The third-order valence-electron chi connectivity index (χ3n) is 3.78. The molecule has 0 aliphatic carbocycles. The molecule has 2 heterocycles. The predicted molar refractivity (Wildman–Crippen MR) is 91.2 cm³/mol. The van der Waals surface area contributed by atoms with Crippen LogP contribution >= 0.6 is 0 Å². The molecule has 1 atom stereocenters. The summed E-state index contributed by atoms with van der Waals surface area (Å²) in [5.41, 5.74) is 2.52. The normalized spacial score (nSPS) is 12.2. The van der Waals surface area contributed by atoms with Crippen molar-refractivity contribution in [3.63, 3.8) is 0 Å². The second kappa shape index (κ2) is 6.27. The summed E-state index contributed by atoms with van der Waals surface area (Å²) in [4.78, 5) is 26.2. The lowest BCUT2D eigenvalue weighted by Crippen LogP contribution is -2.12. The van der Waals surface area contributed by atoms with E-state index in [1.807, 2.05) is 48.7 Å². The van der Waals surface area contributed by atoms with Gasteiger partial charge in [0.2, 0.25) is 0 Å². The number of hydrogen-bond acceptors (Lipinski definition) is 6. The summed E-state index contributed by atoms with van der Waals surface area (Å²) < 4.78 is 7.15. The minimum Gasteiger partial charge on any atom is -0.427 e. The Hall–Kier alpha value is -2.96. The number of esters is 1. The lowest BCUT2D eigenvalue weighted by atomic mass is 10.1. The number of anilines is 1. The van der Waals surface area contributed by atoms with E-state index in [0.717, 1.165) is 22.5 Å². The van der Waals surface area contributed by atoms with Crippen LogP contribution in [0.5, 0.6) is 5.75 Å². The van der Waals surface area contributed by atoms with E-state index in [0.29, 0.717) is 5.75 Å². The zero-order valence-corrected chi connectivity index (χ0v) is 14.1. The Morgan fingerprint density at radius 2 is 2.04 bits per heavy atom. The first kappa shape index (κ1) is 15.9. The van der Waals surface area contributed by atoms with Gasteiger partial charge in [0.1, 0.15) is 12.1 Å². The van der Waals surface area contributed by atoms with E-state index in [2.05, 4.69) is 15.0 Å². The molecule has 24 heavy (non-hydrogen) atoms. The fourth-order valence-electron chi connectivity index (χ4n) is 2.61. The molecule has 0 bridgehead atoms. The van der Waals surface area contributed by atoms with Gasteiger partial charge in [0, 0.05) is 21.0 Å². The molecular weight excluding hydrogens is 306 g/mol. The van der Waals surface area contributed by atoms with Gasteiger partial charge in [-0.2, -0.15) is 0 Å². The van der Waals surface area contributed by atoms with Crippen molar-refractivity contribution in [1.29, 1.82) is 0 Å². The third-order valence-corrected chi connectivity index (χ3v) is 3.78. The van der Waals surface area contributed by atoms with Crippen molar-refractivity contribution in [3.8, 4) is 5.75 Å². The summed E-state index contributed by atoms with van der Waals surface area (Å²) in [6.45, 7) is 3.44. The molecule has 0 spiro atoms. The van der Waals surface area contributed by atoms with Gasteiger partial charge in [0.25, 0.3) is 0 Å². The van der Waals surface area contributed by atoms with Crippen LogP contribution in [0, 0.1) is 0 Å². The SMILES string of the molecule is CC(=O)Oc1cccc([C@H](C)n2cnc3c(N(C)C)ncnc32)c1. The number of fused-ring (bicyclic) bond motifs is 1. The number of carbonyl (C=O) groups excluding carboxylic acids is 1. The topological polar surface area (TPSA) is 73.1 Å². The average Bonchev–Trinajstić information content (AvgIpc) is 2.97. The molecule has 0 amide bonds. The monoisotopic (exact) mass is 325 g/mol. The molecule has 0 aliphatic heterocycles. The fourth-order valence-corrected chi connectivity index (χ4v) is 2.61. The molecule has 0 radical (unpaired) electrons. The Kier molecular flexibility index (Phi) is 4.16. The lowest BCUT2D eigenvalue weighted by molar-refractivity contribution is -0.131. The van der Waals surface area contributed by atoms with Gasteiger partial charge in [-0.15, -0.1) is 0 Å². The quantitative estimate of drug-likeness (QED) is 0.542. The van der Waals surface area contributed by atoms with Crippen molar-refractivity contribution in [3.05, 3.63) is 42.5 Å². The summed E-state index contributed by atoms with van der Waals surface area (Å²) >= 11 is 0. The predicted octanol–water partition coefficient (Wildman–Crippen LogP) is 2.43. The number of carbonyl (C=O) groups is 1. The molecule has 0 unspecified atom stereocenters. The fraction of sp³-hybridized carbons (Fsp3) is 0.294. The zero-order chi connectivity index (χ0) is 17.3. The highest BCUT2D eigenvalue weighted by molar-refractivity contribution is 5.83. The van der Waals surface area contributed by atoms with Gasteiger partial charge in [0.15, 0.2) is 17.0 Å². The minimum absolute atomic E-state index is 0.0181. The number of ether oxygens (including phenoxy) is 1. The molecule has 0 aliphatic rings. The van der Waals surface area contributed by atoms with Gasteiger partial charge in [-0.3, -0.25) is 4.79 Å². The van der Waals surface area contributed by atoms with Gasteiger partial charge < -0.3 is 14.2 Å². The highest BCUT2D eigenvalue weighted by Crippen LogP contribution is 2.27. The summed E-state index contributed by atoms with van der Waals surface area (Å²) in [6.07, 6.45) is 3.30. The van der Waals surface area contributed by atoms with Gasteiger partial charge in [0.05, 0.1) is 12.4 Å². The van der Waals surface area contributed by atoms with E-state index < -0.39 is 0 Å². The second-order valence-electron chi connectivity index (χ2n) is 5.76. The van der Waals surface area contributed by atoms with Gasteiger partial charge in [-0.05, 0) is 24.6 Å². The minimum atomic E-state index is -0.337. The Morgan fingerprint density at radius 1 is 1.25 bits per heavy atom. The third kappa shape index (κ3) is 2.92. The molecule has 3 rings (SSSR count). The van der Waals surface area contributed by atoms with Crippen LogP contribution in [0.4, 0.5) is 5.82 Å². The standard InChI is InChI=1S/C17H19N5O2/c1-11(13-6-5-7-14(8-13)24-12(2)23)22-10-20-15-16(21(3)4)18-9-19-17(15)22/h5-11H,1-4H3/t11-/m0/s1. The van der Waals surface area contributed by atoms with Gasteiger partial charge in [-0.25, -0.2) is 15.0 Å². The van der Waals surface area contributed by atoms with Crippen molar-refractivity contribution in [2.24, 2.45) is 0 Å². The average molecular weight is 325 g/mol. The zero-order valence-electron chi connectivity index (χ0n) is 14.1. The van der Waals surface area contributed by atoms with Crippen LogP contribution in [-0.2, 0) is 4.79 Å². The molecule has 0 saturated heterocycles. The summed E-state index contributed by atoms with van der Waals surface area (Å²) in [5, 5.41) is 0. The molecule has 7 nitrogen and oxygen atoms in total. The number of imidazole rings is 1. The summed E-state index contributed by atoms with van der Waals surface area (Å²) in [6, 6.07) is 7.44. The van der Waals surface area contributed by atoms with Gasteiger partial charge >= 0.3 is 5.97 Å². The highest BCUT2D eigenvalue weighted by Gasteiger charge is 2.16. The Labute approximate surface area is 139 Å². The highest BCUT2D eigenvalue weighted by atomic mass is 16.5. The van der Waals surface area contributed by atoms with Crippen molar-refractivity contribution in [2.75, 3.05) is 19.0 Å². The number of aromatic nitrogens is 4. The maximum Gasteiger partial charge on any atom is 0.308 e. The summed E-state index contributed by atoms with van der Waals surface area (Å²) in [7, 11) is 3.85. The van der Waals surface area contributed by atoms with Crippen molar-refractivity contribution in [2.45, 2.75) is 19.9 Å². The maximum absolute atomic E-state index is 11.1. The van der Waals surface area contributed by atoms with Crippen LogP contribution in [0.3, 0.4) is 0 Å². The Bertz CT molecular complexity index is 888. The van der Waals surface area contributed by atoms with E-state index in [-0.39, 0.29) is 12.0 Å². The Morgan fingerprint density at radius 3 is 2.75 bits per heavy atom. The molecule has 3 aromatic rings. The molecule has 2 aromatic heterocycles. The molecule has 7 heteroatoms. The van der Waals surface area contributed by atoms with Crippen molar-refractivity contribution in [1.82, 2.24) is 19.5 Å². The van der Waals surface area contributed by atoms with Crippen LogP contribution < -0.4 is 9.64 Å². The van der Waals surface area contributed by atoms with E-state index in [1.165, 1.54) is 13.3 Å². The molecule has 0 N–H and O–H groups in total. The van der Waals surface area contributed by atoms with Gasteiger partial charge in [-0.1, -0.05) is 12.1 Å². The van der Waals surface area contributed by atoms with Crippen LogP contribution in [0.25, 0.3) is 11.2 Å². The first-order valence-corrected chi connectivity index (χ1v) is 7.60. The molecular formula is C17H19N5O2. The summed E-state index contributed by atoms with van der Waals surface area (Å²) in [5.74, 6) is 0.968.